The molecule has 0 aliphatic carbocycles. The molecule has 2 amide bonds. The highest BCUT2D eigenvalue weighted by Gasteiger charge is 2.47. The molecule has 3 aromatic rings. The number of esters is 1. The molecule has 1 unspecified atom stereocenters. The van der Waals surface area contributed by atoms with Gasteiger partial charge in [0, 0.05) is 37.9 Å². The zero-order chi connectivity index (χ0) is 25.9. The van der Waals surface area contributed by atoms with E-state index < -0.39 is 17.4 Å². The summed E-state index contributed by atoms with van der Waals surface area (Å²) in [5.74, 6) is -1.35. The third-order valence-corrected chi connectivity index (χ3v) is 6.67. The Morgan fingerprint density at radius 1 is 1.06 bits per heavy atom. The average molecular weight is 591 g/mol. The van der Waals surface area contributed by atoms with Crippen LogP contribution in [0.15, 0.2) is 65.1 Å². The molecule has 0 bridgehead atoms. The highest BCUT2D eigenvalue weighted by Crippen LogP contribution is 2.43. The molecule has 1 aliphatic heterocycles. The third-order valence-electron chi connectivity index (χ3n) is 5.71. The highest BCUT2D eigenvalue weighted by atomic mass is 79.9. The first kappa shape index (κ1) is 26.0. The SMILES string of the molecule is CCOC(=O)CNC(=O)c1ccc(Br)cc1NC1(Cc2cccc(Cl)c2)C(=O)Nc2cc(Cl)ccc21. The Hall–Kier alpha value is -3.07. The Balaban J connectivity index is 1.76. The lowest BCUT2D eigenvalue weighted by Gasteiger charge is -2.31. The number of ether oxygens (including phenoxy) is 1. The summed E-state index contributed by atoms with van der Waals surface area (Å²) >= 11 is 15.9. The van der Waals surface area contributed by atoms with Crippen molar-refractivity contribution in [1.82, 2.24) is 5.32 Å². The summed E-state index contributed by atoms with van der Waals surface area (Å²) in [6.07, 6.45) is 0.241. The van der Waals surface area contributed by atoms with Crippen molar-refractivity contribution in [3.05, 3.63) is 91.9 Å². The lowest BCUT2D eigenvalue weighted by molar-refractivity contribution is -0.141. The van der Waals surface area contributed by atoms with E-state index in [2.05, 4.69) is 31.9 Å². The second-order valence-electron chi connectivity index (χ2n) is 8.16. The molecule has 0 saturated carbocycles. The van der Waals surface area contributed by atoms with Crippen LogP contribution in [0.4, 0.5) is 11.4 Å². The zero-order valence-electron chi connectivity index (χ0n) is 19.2. The van der Waals surface area contributed by atoms with Gasteiger partial charge in [-0.2, -0.15) is 0 Å². The Bertz CT molecular complexity index is 1350. The van der Waals surface area contributed by atoms with Crippen LogP contribution in [-0.2, 0) is 26.3 Å². The molecule has 0 aromatic heterocycles. The molecular weight excluding hydrogens is 569 g/mol. The van der Waals surface area contributed by atoms with Gasteiger partial charge in [0.05, 0.1) is 12.2 Å². The van der Waals surface area contributed by atoms with E-state index in [4.69, 9.17) is 27.9 Å². The molecule has 0 fully saturated rings. The number of fused-ring (bicyclic) bond motifs is 1. The Morgan fingerprint density at radius 3 is 2.58 bits per heavy atom. The molecule has 36 heavy (non-hydrogen) atoms. The standard InChI is InChI=1S/C26H22BrCl2N3O4/c1-2-36-23(33)14-30-24(34)19-8-6-16(27)11-21(19)32-26(13-15-4-3-5-17(28)10-15)20-9-7-18(29)12-22(20)31-25(26)35/h3-12,32H,2,13-14H2,1H3,(H,30,34)(H,31,35). The second kappa shape index (κ2) is 10.9. The number of hydrogen-bond donors (Lipinski definition) is 3. The molecule has 1 atom stereocenters. The van der Waals surface area contributed by atoms with Crippen LogP contribution in [0.5, 0.6) is 0 Å². The second-order valence-corrected chi connectivity index (χ2v) is 9.95. The van der Waals surface area contributed by atoms with Crippen molar-refractivity contribution in [3.8, 4) is 0 Å². The fourth-order valence-electron chi connectivity index (χ4n) is 4.15. The molecule has 186 valence electrons. The summed E-state index contributed by atoms with van der Waals surface area (Å²) < 4.78 is 5.58. The van der Waals surface area contributed by atoms with E-state index in [1.54, 1.807) is 55.5 Å². The number of halogens is 3. The lowest BCUT2D eigenvalue weighted by Crippen LogP contribution is -2.45. The lowest BCUT2D eigenvalue weighted by atomic mass is 9.84. The maximum atomic E-state index is 13.6. The monoisotopic (exact) mass is 589 g/mol. The van der Waals surface area contributed by atoms with Crippen molar-refractivity contribution in [2.75, 3.05) is 23.8 Å². The van der Waals surface area contributed by atoms with Crippen molar-refractivity contribution >= 4 is 68.3 Å². The summed E-state index contributed by atoms with van der Waals surface area (Å²) in [6.45, 7) is 1.62. The number of rotatable bonds is 8. The zero-order valence-corrected chi connectivity index (χ0v) is 22.3. The van der Waals surface area contributed by atoms with Gasteiger partial charge in [0.15, 0.2) is 0 Å². The summed E-state index contributed by atoms with van der Waals surface area (Å²) in [5.41, 5.74) is 1.44. The van der Waals surface area contributed by atoms with Gasteiger partial charge in [-0.05, 0) is 55.0 Å². The van der Waals surface area contributed by atoms with E-state index in [0.29, 0.717) is 31.5 Å². The normalized spacial score (nSPS) is 16.2. The van der Waals surface area contributed by atoms with E-state index in [1.807, 2.05) is 12.1 Å². The van der Waals surface area contributed by atoms with Crippen molar-refractivity contribution in [2.45, 2.75) is 18.9 Å². The van der Waals surface area contributed by atoms with Gasteiger partial charge in [-0.25, -0.2) is 0 Å². The van der Waals surface area contributed by atoms with Crippen LogP contribution >= 0.6 is 39.1 Å². The number of carbonyl (C=O) groups excluding carboxylic acids is 3. The number of benzene rings is 3. The number of hydrogen-bond acceptors (Lipinski definition) is 5. The topological polar surface area (TPSA) is 96.5 Å². The number of nitrogens with one attached hydrogen (secondary N) is 3. The van der Waals surface area contributed by atoms with Crippen molar-refractivity contribution in [1.29, 1.82) is 0 Å². The van der Waals surface area contributed by atoms with Crippen LogP contribution in [0.2, 0.25) is 10.0 Å². The van der Waals surface area contributed by atoms with Crippen LogP contribution < -0.4 is 16.0 Å². The fourth-order valence-corrected chi connectivity index (χ4v) is 4.89. The number of carbonyl (C=O) groups is 3. The van der Waals surface area contributed by atoms with Gasteiger partial charge in [0.25, 0.3) is 11.8 Å². The van der Waals surface area contributed by atoms with Crippen molar-refractivity contribution in [2.24, 2.45) is 0 Å². The van der Waals surface area contributed by atoms with E-state index in [9.17, 15) is 14.4 Å². The Kier molecular flexibility index (Phi) is 7.88. The van der Waals surface area contributed by atoms with E-state index in [-0.39, 0.29) is 31.0 Å². The predicted molar refractivity (Wildman–Crippen MR) is 144 cm³/mol. The molecule has 7 nitrogen and oxygen atoms in total. The van der Waals surface area contributed by atoms with Crippen LogP contribution in [-0.4, -0.2) is 30.9 Å². The molecule has 3 aromatic carbocycles. The van der Waals surface area contributed by atoms with Crippen molar-refractivity contribution in [3.63, 3.8) is 0 Å². The maximum Gasteiger partial charge on any atom is 0.325 e. The average Bonchev–Trinajstić information content (AvgIpc) is 3.07. The molecule has 3 N–H and O–H groups in total. The largest absolute Gasteiger partial charge is 0.465 e. The molecule has 10 heteroatoms. The molecular formula is C26H22BrCl2N3O4. The van der Waals surface area contributed by atoms with E-state index >= 15 is 0 Å². The summed E-state index contributed by atoms with van der Waals surface area (Å²) in [5, 5.41) is 9.85. The van der Waals surface area contributed by atoms with Gasteiger partial charge in [0.2, 0.25) is 0 Å². The van der Waals surface area contributed by atoms with Gasteiger partial charge in [-0.1, -0.05) is 57.3 Å². The minimum atomic E-state index is -1.28. The molecule has 0 saturated heterocycles. The van der Waals surface area contributed by atoms with E-state index in [0.717, 1.165) is 5.56 Å². The predicted octanol–water partition coefficient (Wildman–Crippen LogP) is 5.55. The highest BCUT2D eigenvalue weighted by molar-refractivity contribution is 9.10. The summed E-state index contributed by atoms with van der Waals surface area (Å²) in [7, 11) is 0. The van der Waals surface area contributed by atoms with Crippen LogP contribution in [0.25, 0.3) is 0 Å². The molecule has 1 heterocycles. The summed E-state index contributed by atoms with van der Waals surface area (Å²) in [4.78, 5) is 38.4. The van der Waals surface area contributed by atoms with Gasteiger partial charge in [-0.15, -0.1) is 0 Å². The first-order valence-electron chi connectivity index (χ1n) is 11.1. The van der Waals surface area contributed by atoms with Gasteiger partial charge < -0.3 is 20.7 Å². The third kappa shape index (κ3) is 5.51. The van der Waals surface area contributed by atoms with Crippen LogP contribution in [0.3, 0.4) is 0 Å². The summed E-state index contributed by atoms with van der Waals surface area (Å²) in [6, 6.07) is 17.4. The van der Waals surface area contributed by atoms with Gasteiger partial charge in [-0.3, -0.25) is 14.4 Å². The quantitative estimate of drug-likeness (QED) is 0.299. The minimum absolute atomic E-state index is 0.213. The molecule has 0 radical (unpaired) electrons. The molecule has 4 rings (SSSR count). The molecule has 0 spiro atoms. The van der Waals surface area contributed by atoms with Crippen LogP contribution in [0, 0.1) is 0 Å². The minimum Gasteiger partial charge on any atom is -0.465 e. The van der Waals surface area contributed by atoms with Crippen LogP contribution in [0.1, 0.15) is 28.4 Å². The number of amides is 2. The molecule has 1 aliphatic rings. The fraction of sp³-hybridized carbons (Fsp3) is 0.192. The first-order chi connectivity index (χ1) is 17.2. The smallest absolute Gasteiger partial charge is 0.325 e. The number of anilines is 2. The van der Waals surface area contributed by atoms with E-state index in [1.165, 1.54) is 0 Å². The maximum absolute atomic E-state index is 13.6. The first-order valence-corrected chi connectivity index (χ1v) is 12.6. The Labute approximate surface area is 226 Å². The van der Waals surface area contributed by atoms with Gasteiger partial charge in [0.1, 0.15) is 12.1 Å². The van der Waals surface area contributed by atoms with Gasteiger partial charge >= 0.3 is 5.97 Å². The van der Waals surface area contributed by atoms with Crippen molar-refractivity contribution < 1.29 is 19.1 Å². The Morgan fingerprint density at radius 2 is 1.83 bits per heavy atom.